The van der Waals surface area contributed by atoms with Gasteiger partial charge in [0.1, 0.15) is 5.69 Å². The first-order valence-corrected chi connectivity index (χ1v) is 4.93. The fourth-order valence-electron chi connectivity index (χ4n) is 1.15. The van der Waals surface area contributed by atoms with Gasteiger partial charge in [-0.3, -0.25) is 9.59 Å². The number of nitrogens with zero attached hydrogens (tertiary/aromatic N) is 2. The minimum atomic E-state index is -0.936. The summed E-state index contributed by atoms with van der Waals surface area (Å²) in [5, 5.41) is 11.4. The van der Waals surface area contributed by atoms with Gasteiger partial charge in [-0.1, -0.05) is 0 Å². The van der Waals surface area contributed by atoms with Crippen molar-refractivity contribution in [2.75, 3.05) is 0 Å². The number of aliphatic carboxylic acids is 1. The van der Waals surface area contributed by atoms with E-state index >= 15 is 0 Å². The molecule has 0 saturated carbocycles. The number of amides is 1. The van der Waals surface area contributed by atoms with E-state index in [4.69, 9.17) is 5.11 Å². The van der Waals surface area contributed by atoms with Gasteiger partial charge in [0.15, 0.2) is 0 Å². The first kappa shape index (κ1) is 12.2. The molecule has 0 fully saturated rings. The van der Waals surface area contributed by atoms with Gasteiger partial charge in [0.2, 0.25) is 0 Å². The summed E-state index contributed by atoms with van der Waals surface area (Å²) in [4.78, 5) is 26.2. The highest BCUT2D eigenvalue weighted by Crippen LogP contribution is 2.04. The van der Waals surface area contributed by atoms with E-state index in [1.807, 2.05) is 0 Å². The van der Waals surface area contributed by atoms with Gasteiger partial charge in [-0.05, 0) is 13.8 Å². The lowest BCUT2D eigenvalue weighted by Crippen LogP contribution is -2.40. The normalized spacial score (nSPS) is 14.2. The minimum Gasteiger partial charge on any atom is -0.481 e. The van der Waals surface area contributed by atoms with Crippen LogP contribution in [0.15, 0.2) is 12.5 Å². The topological polar surface area (TPSA) is 84.2 Å². The molecule has 1 rings (SSSR count). The number of imidazole rings is 1. The van der Waals surface area contributed by atoms with Crippen molar-refractivity contribution in [2.24, 2.45) is 13.0 Å². The Morgan fingerprint density at radius 2 is 2.12 bits per heavy atom. The monoisotopic (exact) mass is 225 g/mol. The summed E-state index contributed by atoms with van der Waals surface area (Å²) >= 11 is 0. The first-order valence-electron chi connectivity index (χ1n) is 4.93. The molecular weight excluding hydrogens is 210 g/mol. The second kappa shape index (κ2) is 4.78. The molecule has 0 aliphatic carbocycles. The Kier molecular flexibility index (Phi) is 3.65. The van der Waals surface area contributed by atoms with Crippen LogP contribution in [0.25, 0.3) is 0 Å². The Labute approximate surface area is 93.3 Å². The van der Waals surface area contributed by atoms with Crippen LogP contribution in [-0.2, 0) is 11.8 Å². The lowest BCUT2D eigenvalue weighted by atomic mass is 10.0. The average Bonchev–Trinajstić information content (AvgIpc) is 2.63. The SMILES string of the molecule is CC(NC(=O)c1cn(C)cn1)C(C)C(=O)O. The summed E-state index contributed by atoms with van der Waals surface area (Å²) < 4.78 is 1.65. The highest BCUT2D eigenvalue weighted by atomic mass is 16.4. The zero-order valence-electron chi connectivity index (χ0n) is 9.47. The van der Waals surface area contributed by atoms with Crippen LogP contribution < -0.4 is 5.32 Å². The molecule has 6 nitrogen and oxygen atoms in total. The zero-order valence-corrected chi connectivity index (χ0v) is 9.47. The average molecular weight is 225 g/mol. The molecule has 0 spiro atoms. The van der Waals surface area contributed by atoms with Crippen molar-refractivity contribution in [1.29, 1.82) is 0 Å². The van der Waals surface area contributed by atoms with E-state index in [1.165, 1.54) is 6.33 Å². The molecule has 1 heterocycles. The number of aromatic nitrogens is 2. The van der Waals surface area contributed by atoms with Crippen LogP contribution in [0.3, 0.4) is 0 Å². The molecule has 0 bridgehead atoms. The number of carboxylic acid groups (broad SMARTS) is 1. The van der Waals surface area contributed by atoms with E-state index in [2.05, 4.69) is 10.3 Å². The van der Waals surface area contributed by atoms with Crippen LogP contribution >= 0.6 is 0 Å². The summed E-state index contributed by atoms with van der Waals surface area (Å²) in [6, 6.07) is -0.438. The van der Waals surface area contributed by atoms with Crippen molar-refractivity contribution < 1.29 is 14.7 Å². The number of hydrogen-bond acceptors (Lipinski definition) is 3. The molecule has 0 aliphatic heterocycles. The van der Waals surface area contributed by atoms with Gasteiger partial charge in [0.25, 0.3) is 5.91 Å². The Hall–Kier alpha value is -1.85. The fourth-order valence-corrected chi connectivity index (χ4v) is 1.15. The van der Waals surface area contributed by atoms with Crippen molar-refractivity contribution in [2.45, 2.75) is 19.9 Å². The Morgan fingerprint density at radius 1 is 1.50 bits per heavy atom. The van der Waals surface area contributed by atoms with Crippen LogP contribution in [0.5, 0.6) is 0 Å². The molecule has 1 aromatic heterocycles. The summed E-state index contributed by atoms with van der Waals surface area (Å²) in [5.41, 5.74) is 0.284. The van der Waals surface area contributed by atoms with Gasteiger partial charge >= 0.3 is 5.97 Å². The largest absolute Gasteiger partial charge is 0.481 e. The molecule has 2 unspecified atom stereocenters. The van der Waals surface area contributed by atoms with Gasteiger partial charge in [-0.15, -0.1) is 0 Å². The Morgan fingerprint density at radius 3 is 2.56 bits per heavy atom. The lowest BCUT2D eigenvalue weighted by Gasteiger charge is -2.16. The highest BCUT2D eigenvalue weighted by Gasteiger charge is 2.22. The van der Waals surface area contributed by atoms with E-state index in [1.54, 1.807) is 31.7 Å². The quantitative estimate of drug-likeness (QED) is 0.769. The molecule has 6 heteroatoms. The van der Waals surface area contributed by atoms with Crippen molar-refractivity contribution in [1.82, 2.24) is 14.9 Å². The van der Waals surface area contributed by atoms with Gasteiger partial charge in [-0.25, -0.2) is 4.98 Å². The number of nitrogens with one attached hydrogen (secondary N) is 1. The first-order chi connectivity index (χ1) is 7.41. The van der Waals surface area contributed by atoms with E-state index < -0.39 is 17.9 Å². The summed E-state index contributed by atoms with van der Waals surface area (Å²) in [6.07, 6.45) is 3.09. The molecule has 2 atom stereocenters. The van der Waals surface area contributed by atoms with Gasteiger partial charge in [0.05, 0.1) is 12.2 Å². The molecule has 88 valence electrons. The fraction of sp³-hybridized carbons (Fsp3) is 0.500. The van der Waals surface area contributed by atoms with Crippen molar-refractivity contribution in [3.8, 4) is 0 Å². The van der Waals surface area contributed by atoms with Crippen molar-refractivity contribution in [3.05, 3.63) is 18.2 Å². The van der Waals surface area contributed by atoms with Crippen LogP contribution in [0.1, 0.15) is 24.3 Å². The predicted molar refractivity (Wildman–Crippen MR) is 56.9 cm³/mol. The number of hydrogen-bond donors (Lipinski definition) is 2. The van der Waals surface area contributed by atoms with Crippen LogP contribution in [0, 0.1) is 5.92 Å². The second-order valence-electron chi connectivity index (χ2n) is 3.81. The van der Waals surface area contributed by atoms with E-state index in [-0.39, 0.29) is 11.6 Å². The highest BCUT2D eigenvalue weighted by molar-refractivity contribution is 5.92. The summed E-state index contributed by atoms with van der Waals surface area (Å²) in [7, 11) is 1.76. The maximum Gasteiger partial charge on any atom is 0.308 e. The maximum atomic E-state index is 11.6. The van der Waals surface area contributed by atoms with Gasteiger partial charge < -0.3 is 15.0 Å². The van der Waals surface area contributed by atoms with Gasteiger partial charge in [0, 0.05) is 19.3 Å². The van der Waals surface area contributed by atoms with Crippen LogP contribution in [0.4, 0.5) is 0 Å². The van der Waals surface area contributed by atoms with E-state index in [0.29, 0.717) is 0 Å². The van der Waals surface area contributed by atoms with Crippen molar-refractivity contribution in [3.63, 3.8) is 0 Å². The zero-order chi connectivity index (χ0) is 12.3. The molecular formula is C10H15N3O3. The molecule has 1 aromatic rings. The third-order valence-electron chi connectivity index (χ3n) is 2.44. The van der Waals surface area contributed by atoms with E-state index in [0.717, 1.165) is 0 Å². The number of aryl methyl sites for hydroxylation is 1. The molecule has 1 amide bonds. The van der Waals surface area contributed by atoms with Gasteiger partial charge in [-0.2, -0.15) is 0 Å². The molecule has 0 aliphatic rings. The third kappa shape index (κ3) is 2.82. The standard InChI is InChI=1S/C10H15N3O3/c1-6(10(15)16)7(2)12-9(14)8-4-13(3)5-11-8/h4-7H,1-3H3,(H,12,14)(H,15,16). The smallest absolute Gasteiger partial charge is 0.308 e. The molecule has 2 N–H and O–H groups in total. The second-order valence-corrected chi connectivity index (χ2v) is 3.81. The summed E-state index contributed by atoms with van der Waals surface area (Å²) in [6.45, 7) is 3.20. The predicted octanol–water partition coefficient (Wildman–Crippen LogP) is 0.259. The number of rotatable bonds is 4. The van der Waals surface area contributed by atoms with Crippen LogP contribution in [0.2, 0.25) is 0 Å². The molecule has 0 radical (unpaired) electrons. The molecule has 16 heavy (non-hydrogen) atoms. The maximum absolute atomic E-state index is 11.6. The van der Waals surface area contributed by atoms with Crippen molar-refractivity contribution >= 4 is 11.9 Å². The number of carbonyl (C=O) groups is 2. The Balaban J connectivity index is 2.61. The van der Waals surface area contributed by atoms with Crippen LogP contribution in [-0.4, -0.2) is 32.6 Å². The summed E-state index contributed by atoms with van der Waals surface area (Å²) in [5.74, 6) is -1.93. The molecule has 0 saturated heterocycles. The number of carboxylic acids is 1. The number of carbonyl (C=O) groups excluding carboxylic acids is 1. The minimum absolute atomic E-state index is 0.284. The lowest BCUT2D eigenvalue weighted by molar-refractivity contribution is -0.141. The third-order valence-corrected chi connectivity index (χ3v) is 2.44. The Bertz CT molecular complexity index is 400. The molecule has 0 aromatic carbocycles. The van der Waals surface area contributed by atoms with E-state index in [9.17, 15) is 9.59 Å².